The molecule has 2 aromatic heterocycles. The zero-order chi connectivity index (χ0) is 21.6. The minimum absolute atomic E-state index is 0.0428. The molecule has 1 N–H and O–H groups in total. The van der Waals surface area contributed by atoms with Crippen molar-refractivity contribution in [1.29, 1.82) is 0 Å². The second kappa shape index (κ2) is 10.2. The molecule has 3 aromatic rings. The van der Waals surface area contributed by atoms with Crippen molar-refractivity contribution < 1.29 is 9.53 Å². The van der Waals surface area contributed by atoms with Gasteiger partial charge in [0.05, 0.1) is 24.9 Å². The summed E-state index contributed by atoms with van der Waals surface area (Å²) >= 11 is 1.53. The largest absolute Gasteiger partial charge is 0.379 e. The number of aromatic nitrogens is 2. The summed E-state index contributed by atoms with van der Waals surface area (Å²) in [5.74, 6) is -0.0428. The molecular formula is C23H28N4O3S. The van der Waals surface area contributed by atoms with Gasteiger partial charge in [-0.3, -0.25) is 19.1 Å². The molecule has 31 heavy (non-hydrogen) atoms. The van der Waals surface area contributed by atoms with Crippen molar-refractivity contribution in [3.63, 3.8) is 0 Å². The lowest BCUT2D eigenvalue weighted by Crippen LogP contribution is -2.38. The molecule has 1 aromatic carbocycles. The Morgan fingerprint density at radius 2 is 1.97 bits per heavy atom. The highest BCUT2D eigenvalue weighted by atomic mass is 32.1. The number of rotatable bonds is 8. The predicted molar refractivity (Wildman–Crippen MR) is 124 cm³/mol. The van der Waals surface area contributed by atoms with Crippen LogP contribution >= 0.6 is 11.3 Å². The molecule has 1 aliphatic rings. The van der Waals surface area contributed by atoms with Crippen molar-refractivity contribution in [3.05, 3.63) is 51.9 Å². The number of carbonyl (C=O) groups excluding carboxylic acids is 1. The molecule has 0 spiro atoms. The summed E-state index contributed by atoms with van der Waals surface area (Å²) in [7, 11) is 0. The first-order valence-electron chi connectivity index (χ1n) is 10.7. The zero-order valence-corrected chi connectivity index (χ0v) is 18.6. The maximum absolute atomic E-state index is 13.2. The molecule has 0 bridgehead atoms. The Kier molecular flexibility index (Phi) is 7.11. The summed E-state index contributed by atoms with van der Waals surface area (Å²) in [6, 6.07) is 9.92. The highest BCUT2D eigenvalue weighted by molar-refractivity contribution is 7.19. The topological polar surface area (TPSA) is 76.5 Å². The Balaban J connectivity index is 1.37. The highest BCUT2D eigenvalue weighted by Crippen LogP contribution is 2.35. The number of fused-ring (bicyclic) bond motifs is 1. The smallest absolute Gasteiger partial charge is 0.262 e. The first kappa shape index (κ1) is 21.7. The summed E-state index contributed by atoms with van der Waals surface area (Å²) in [6.45, 7) is 7.43. The van der Waals surface area contributed by atoms with E-state index in [2.05, 4.69) is 15.2 Å². The second-order valence-corrected chi connectivity index (χ2v) is 8.93. The molecule has 3 heterocycles. The average molecular weight is 441 g/mol. The van der Waals surface area contributed by atoms with E-state index in [-0.39, 0.29) is 17.9 Å². The van der Waals surface area contributed by atoms with Gasteiger partial charge in [-0.15, -0.1) is 11.3 Å². The lowest BCUT2D eigenvalue weighted by atomic mass is 10.0. The van der Waals surface area contributed by atoms with E-state index in [0.717, 1.165) is 60.1 Å². The number of thiophene rings is 1. The Morgan fingerprint density at radius 3 is 2.74 bits per heavy atom. The zero-order valence-electron chi connectivity index (χ0n) is 17.8. The van der Waals surface area contributed by atoms with Crippen LogP contribution in [-0.4, -0.2) is 59.8 Å². The normalized spacial score (nSPS) is 14.7. The van der Waals surface area contributed by atoms with Crippen LogP contribution in [0.1, 0.15) is 17.7 Å². The summed E-state index contributed by atoms with van der Waals surface area (Å²) in [4.78, 5) is 34.1. The highest BCUT2D eigenvalue weighted by Gasteiger charge is 2.17. The number of morpholine rings is 1. The van der Waals surface area contributed by atoms with Gasteiger partial charge in [0.2, 0.25) is 5.91 Å². The van der Waals surface area contributed by atoms with Gasteiger partial charge in [0.25, 0.3) is 5.56 Å². The van der Waals surface area contributed by atoms with Crippen LogP contribution in [-0.2, 0) is 16.1 Å². The Morgan fingerprint density at radius 1 is 1.19 bits per heavy atom. The third kappa shape index (κ3) is 5.20. The van der Waals surface area contributed by atoms with Crippen LogP contribution in [0.25, 0.3) is 21.3 Å². The molecule has 164 valence electrons. The van der Waals surface area contributed by atoms with Gasteiger partial charge in [-0.1, -0.05) is 30.3 Å². The van der Waals surface area contributed by atoms with Crippen LogP contribution in [0.15, 0.2) is 41.5 Å². The van der Waals surface area contributed by atoms with E-state index >= 15 is 0 Å². The molecule has 1 fully saturated rings. The van der Waals surface area contributed by atoms with Gasteiger partial charge in [-0.05, 0) is 25.5 Å². The molecule has 1 saturated heterocycles. The van der Waals surface area contributed by atoms with Gasteiger partial charge < -0.3 is 10.1 Å². The Labute approximate surface area is 185 Å². The average Bonchev–Trinajstić information content (AvgIpc) is 3.14. The molecule has 4 rings (SSSR count). The monoisotopic (exact) mass is 440 g/mol. The van der Waals surface area contributed by atoms with E-state index in [1.54, 1.807) is 10.9 Å². The van der Waals surface area contributed by atoms with E-state index in [1.807, 2.05) is 37.3 Å². The third-order valence-electron chi connectivity index (χ3n) is 5.57. The van der Waals surface area contributed by atoms with E-state index in [4.69, 9.17) is 4.74 Å². The third-order valence-corrected chi connectivity index (χ3v) is 6.59. The van der Waals surface area contributed by atoms with Crippen LogP contribution in [0, 0.1) is 6.92 Å². The van der Waals surface area contributed by atoms with Crippen molar-refractivity contribution in [3.8, 4) is 11.1 Å². The fourth-order valence-corrected chi connectivity index (χ4v) is 4.92. The number of ether oxygens (including phenoxy) is 1. The van der Waals surface area contributed by atoms with Gasteiger partial charge in [-0.2, -0.15) is 0 Å². The summed E-state index contributed by atoms with van der Waals surface area (Å²) < 4.78 is 6.89. The van der Waals surface area contributed by atoms with E-state index in [9.17, 15) is 9.59 Å². The number of carbonyl (C=O) groups is 1. The molecule has 7 nitrogen and oxygen atoms in total. The van der Waals surface area contributed by atoms with Crippen molar-refractivity contribution in [2.45, 2.75) is 26.3 Å². The predicted octanol–water partition coefficient (Wildman–Crippen LogP) is 2.66. The number of nitrogens with one attached hydrogen (secondary N) is 1. The Bertz CT molecular complexity index is 1090. The quantitative estimate of drug-likeness (QED) is 0.545. The first-order valence-corrected chi connectivity index (χ1v) is 11.6. The number of hydrogen-bond acceptors (Lipinski definition) is 6. The molecule has 0 aliphatic carbocycles. The fourth-order valence-electron chi connectivity index (χ4n) is 3.91. The number of hydrogen-bond donors (Lipinski definition) is 1. The van der Waals surface area contributed by atoms with Crippen molar-refractivity contribution in [2.24, 2.45) is 0 Å². The van der Waals surface area contributed by atoms with Gasteiger partial charge in [0.1, 0.15) is 4.83 Å². The van der Waals surface area contributed by atoms with Gasteiger partial charge in [-0.25, -0.2) is 4.98 Å². The molecule has 1 aliphatic heterocycles. The van der Waals surface area contributed by atoms with Crippen LogP contribution in [0.3, 0.4) is 0 Å². The summed E-state index contributed by atoms with van der Waals surface area (Å²) in [5, 5.41) is 3.60. The number of amides is 1. The minimum Gasteiger partial charge on any atom is -0.379 e. The molecule has 1 amide bonds. The molecular weight excluding hydrogens is 412 g/mol. The lowest BCUT2D eigenvalue weighted by molar-refractivity contribution is -0.121. The second-order valence-electron chi connectivity index (χ2n) is 7.73. The lowest BCUT2D eigenvalue weighted by Gasteiger charge is -2.26. The maximum atomic E-state index is 13.2. The number of aryl methyl sites for hydroxylation is 2. The SMILES string of the molecule is Cc1sc2ncn(CCC(=O)NCCCN3CCOCC3)c(=O)c2c1-c1ccccc1. The molecule has 0 saturated carbocycles. The van der Waals surface area contributed by atoms with Crippen LogP contribution in [0.4, 0.5) is 0 Å². The van der Waals surface area contributed by atoms with Crippen molar-refractivity contribution in [2.75, 3.05) is 39.4 Å². The van der Waals surface area contributed by atoms with Crippen molar-refractivity contribution >= 4 is 27.5 Å². The number of nitrogens with zero attached hydrogens (tertiary/aromatic N) is 3. The maximum Gasteiger partial charge on any atom is 0.262 e. The minimum atomic E-state index is -0.0895. The van der Waals surface area contributed by atoms with Crippen molar-refractivity contribution in [1.82, 2.24) is 19.8 Å². The Hall–Kier alpha value is -2.55. The van der Waals surface area contributed by atoms with Crippen LogP contribution in [0.5, 0.6) is 0 Å². The first-order chi connectivity index (χ1) is 15.1. The van der Waals surface area contributed by atoms with Crippen LogP contribution < -0.4 is 10.9 Å². The van der Waals surface area contributed by atoms with E-state index in [1.165, 1.54) is 11.3 Å². The van der Waals surface area contributed by atoms with E-state index in [0.29, 0.717) is 18.5 Å². The standard InChI is InChI=1S/C23H28N4O3S/c1-17-20(18-6-3-2-4-7-18)21-22(31-17)25-16-27(23(21)29)11-8-19(28)24-9-5-10-26-12-14-30-15-13-26/h2-4,6-7,16H,5,8-15H2,1H3,(H,24,28). The van der Waals surface area contributed by atoms with Gasteiger partial charge in [0.15, 0.2) is 0 Å². The van der Waals surface area contributed by atoms with Gasteiger partial charge >= 0.3 is 0 Å². The van der Waals surface area contributed by atoms with Crippen LogP contribution in [0.2, 0.25) is 0 Å². The molecule has 8 heteroatoms. The molecule has 0 radical (unpaired) electrons. The summed E-state index contributed by atoms with van der Waals surface area (Å²) in [5.41, 5.74) is 1.87. The fraction of sp³-hybridized carbons (Fsp3) is 0.435. The number of benzene rings is 1. The summed E-state index contributed by atoms with van der Waals surface area (Å²) in [6.07, 6.45) is 2.73. The van der Waals surface area contributed by atoms with Gasteiger partial charge in [0, 0.05) is 43.0 Å². The van der Waals surface area contributed by atoms with E-state index < -0.39 is 0 Å². The molecule has 0 unspecified atom stereocenters. The molecule has 0 atom stereocenters.